The van der Waals surface area contributed by atoms with Crippen LogP contribution < -0.4 is 0 Å². The van der Waals surface area contributed by atoms with Gasteiger partial charge in [0.1, 0.15) is 5.82 Å². The van der Waals surface area contributed by atoms with Gasteiger partial charge in [-0.3, -0.25) is 0 Å². The average molecular weight is 364 g/mol. The van der Waals surface area contributed by atoms with Crippen molar-refractivity contribution in [3.8, 4) is 22.8 Å². The Morgan fingerprint density at radius 2 is 1.22 bits per heavy atom. The number of aromatic nitrogens is 4. The maximum Gasteiger partial charge on any atom is 0.162 e. The number of nitrogens with zero attached hydrogens (tertiary/aromatic N) is 4. The van der Waals surface area contributed by atoms with E-state index < -0.39 is 0 Å². The summed E-state index contributed by atoms with van der Waals surface area (Å²) in [6.45, 7) is 2.24. The van der Waals surface area contributed by atoms with Crippen LogP contribution >= 0.6 is 0 Å². The quantitative estimate of drug-likeness (QED) is 0.461. The number of unbranched alkanes of at least 4 members (excludes halogenated alkanes) is 5. The lowest BCUT2D eigenvalue weighted by molar-refractivity contribution is 0.607. The van der Waals surface area contributed by atoms with E-state index in [0.29, 0.717) is 11.6 Å². The summed E-state index contributed by atoms with van der Waals surface area (Å²) >= 11 is 0. The minimum Gasteiger partial charge on any atom is -0.236 e. The average Bonchev–Trinajstić information content (AvgIpc) is 2.72. The fourth-order valence-electron chi connectivity index (χ4n) is 2.93. The van der Waals surface area contributed by atoms with Crippen LogP contribution in [0.25, 0.3) is 22.8 Å². The smallest absolute Gasteiger partial charge is 0.162 e. The number of aryl methyl sites for hydroxylation is 1. The Morgan fingerprint density at radius 3 is 1.89 bits per heavy atom. The second-order valence-electron chi connectivity index (χ2n) is 6.73. The Kier molecular flexibility index (Phi) is 6.97. The van der Waals surface area contributed by atoms with Gasteiger partial charge in [-0.05, 0) is 42.7 Å². The van der Waals surface area contributed by atoms with Crippen molar-refractivity contribution >= 4 is 0 Å². The van der Waals surface area contributed by atoms with Crippen LogP contribution in [-0.4, -0.2) is 19.9 Å². The molecular formula is C22H25FN4. The Bertz CT molecular complexity index is 814. The van der Waals surface area contributed by atoms with E-state index in [1.807, 2.05) is 12.4 Å². The van der Waals surface area contributed by atoms with Crippen LogP contribution in [0.2, 0.25) is 0 Å². The first kappa shape index (κ1) is 19.1. The number of rotatable bonds is 9. The molecule has 0 aliphatic rings. The fourth-order valence-corrected chi connectivity index (χ4v) is 2.93. The molecule has 0 atom stereocenters. The molecule has 27 heavy (non-hydrogen) atoms. The van der Waals surface area contributed by atoms with Crippen LogP contribution in [0.15, 0.2) is 49.1 Å². The predicted molar refractivity (Wildman–Crippen MR) is 106 cm³/mol. The van der Waals surface area contributed by atoms with Crippen LogP contribution in [0.3, 0.4) is 0 Å². The molecule has 0 aliphatic carbocycles. The molecule has 1 aromatic carbocycles. The van der Waals surface area contributed by atoms with Crippen LogP contribution in [0.4, 0.5) is 4.39 Å². The van der Waals surface area contributed by atoms with E-state index >= 15 is 0 Å². The van der Waals surface area contributed by atoms with Crippen molar-refractivity contribution < 1.29 is 4.39 Å². The Hall–Kier alpha value is -2.69. The molecule has 0 N–H and O–H groups in total. The van der Waals surface area contributed by atoms with Gasteiger partial charge >= 0.3 is 0 Å². The molecule has 0 amide bonds. The highest BCUT2D eigenvalue weighted by Gasteiger charge is 2.06. The molecule has 0 spiro atoms. The Balaban J connectivity index is 1.56. The maximum absolute atomic E-state index is 13.0. The van der Waals surface area contributed by atoms with Crippen molar-refractivity contribution in [1.82, 2.24) is 19.9 Å². The monoisotopic (exact) mass is 364 g/mol. The van der Waals surface area contributed by atoms with Crippen molar-refractivity contribution in [1.29, 1.82) is 0 Å². The van der Waals surface area contributed by atoms with Crippen molar-refractivity contribution in [2.45, 2.75) is 51.9 Å². The van der Waals surface area contributed by atoms with Crippen molar-refractivity contribution in [2.24, 2.45) is 0 Å². The van der Waals surface area contributed by atoms with Gasteiger partial charge in [0, 0.05) is 30.4 Å². The molecule has 3 aromatic rings. The van der Waals surface area contributed by atoms with E-state index in [1.165, 1.54) is 50.7 Å². The highest BCUT2D eigenvalue weighted by Crippen LogP contribution is 2.18. The summed E-state index contributed by atoms with van der Waals surface area (Å²) in [6, 6.07) is 6.13. The maximum atomic E-state index is 13.0. The molecule has 3 rings (SSSR count). The summed E-state index contributed by atoms with van der Waals surface area (Å²) in [4.78, 5) is 17.6. The van der Waals surface area contributed by atoms with Crippen LogP contribution in [0, 0.1) is 5.82 Å². The molecule has 2 aromatic heterocycles. The molecule has 0 fully saturated rings. The molecule has 2 heterocycles. The molecule has 0 bridgehead atoms. The second kappa shape index (κ2) is 9.86. The van der Waals surface area contributed by atoms with E-state index in [-0.39, 0.29) is 5.82 Å². The van der Waals surface area contributed by atoms with Gasteiger partial charge < -0.3 is 0 Å². The van der Waals surface area contributed by atoms with Gasteiger partial charge in [0.25, 0.3) is 0 Å². The molecular weight excluding hydrogens is 339 g/mol. The first-order chi connectivity index (χ1) is 13.3. The molecule has 0 saturated heterocycles. The molecule has 0 unspecified atom stereocenters. The van der Waals surface area contributed by atoms with Gasteiger partial charge in [0.05, 0.1) is 5.56 Å². The lowest BCUT2D eigenvalue weighted by Gasteiger charge is -2.04. The van der Waals surface area contributed by atoms with E-state index in [2.05, 4.69) is 26.9 Å². The number of hydrogen-bond donors (Lipinski definition) is 0. The van der Waals surface area contributed by atoms with Crippen molar-refractivity contribution in [3.05, 3.63) is 60.4 Å². The molecule has 4 nitrogen and oxygen atoms in total. The highest BCUT2D eigenvalue weighted by atomic mass is 19.1. The SMILES string of the molecule is CCCCCCCCc1cnc(-c2cnc(-c3ccc(F)cc3)nc2)nc1. The number of benzene rings is 1. The third-order valence-electron chi connectivity index (χ3n) is 4.54. The van der Waals surface area contributed by atoms with Gasteiger partial charge in [-0.25, -0.2) is 24.3 Å². The van der Waals surface area contributed by atoms with Gasteiger partial charge in [0.2, 0.25) is 0 Å². The third-order valence-corrected chi connectivity index (χ3v) is 4.54. The zero-order valence-electron chi connectivity index (χ0n) is 15.7. The van der Waals surface area contributed by atoms with Gasteiger partial charge in [-0.15, -0.1) is 0 Å². The second-order valence-corrected chi connectivity index (χ2v) is 6.73. The van der Waals surface area contributed by atoms with Crippen LogP contribution in [0.5, 0.6) is 0 Å². The Labute approximate surface area is 160 Å². The number of hydrogen-bond acceptors (Lipinski definition) is 4. The normalized spacial score (nSPS) is 10.9. The van der Waals surface area contributed by atoms with Gasteiger partial charge in [-0.2, -0.15) is 0 Å². The van der Waals surface area contributed by atoms with E-state index in [1.54, 1.807) is 24.5 Å². The van der Waals surface area contributed by atoms with Crippen molar-refractivity contribution in [2.75, 3.05) is 0 Å². The highest BCUT2D eigenvalue weighted by molar-refractivity contribution is 5.58. The topological polar surface area (TPSA) is 51.6 Å². The van der Waals surface area contributed by atoms with E-state index in [0.717, 1.165) is 23.1 Å². The predicted octanol–water partition coefficient (Wildman–Crippen LogP) is 5.64. The zero-order chi connectivity index (χ0) is 18.9. The van der Waals surface area contributed by atoms with Gasteiger partial charge in [-0.1, -0.05) is 39.0 Å². The summed E-state index contributed by atoms with van der Waals surface area (Å²) in [6.07, 6.45) is 15.9. The Morgan fingerprint density at radius 1 is 0.667 bits per heavy atom. The van der Waals surface area contributed by atoms with Gasteiger partial charge in [0.15, 0.2) is 11.6 Å². The first-order valence-electron chi connectivity index (χ1n) is 9.65. The summed E-state index contributed by atoms with van der Waals surface area (Å²) in [7, 11) is 0. The van der Waals surface area contributed by atoms with E-state index in [4.69, 9.17) is 0 Å². The lowest BCUT2D eigenvalue weighted by atomic mass is 10.1. The van der Waals surface area contributed by atoms with Crippen molar-refractivity contribution in [3.63, 3.8) is 0 Å². The van der Waals surface area contributed by atoms with Crippen LogP contribution in [0.1, 0.15) is 51.0 Å². The minimum absolute atomic E-state index is 0.273. The summed E-state index contributed by atoms with van der Waals surface area (Å²) in [5.74, 6) is 0.899. The first-order valence-corrected chi connectivity index (χ1v) is 9.65. The molecule has 5 heteroatoms. The standard InChI is InChI=1S/C22H25FN4/c1-2-3-4-5-6-7-8-17-13-24-22(25-14-17)19-15-26-21(27-16-19)18-9-11-20(23)12-10-18/h9-16H,2-8H2,1H3. The summed E-state index contributed by atoms with van der Waals surface area (Å²) in [5.41, 5.74) is 2.71. The fraction of sp³-hybridized carbons (Fsp3) is 0.364. The third kappa shape index (κ3) is 5.64. The number of halogens is 1. The molecule has 140 valence electrons. The zero-order valence-corrected chi connectivity index (χ0v) is 15.7. The molecule has 0 saturated carbocycles. The molecule has 0 aliphatic heterocycles. The van der Waals surface area contributed by atoms with Crippen LogP contribution in [-0.2, 0) is 6.42 Å². The summed E-state index contributed by atoms with van der Waals surface area (Å²) in [5, 5.41) is 0. The lowest BCUT2D eigenvalue weighted by Crippen LogP contribution is -1.95. The molecule has 0 radical (unpaired) electrons. The minimum atomic E-state index is -0.273. The van der Waals surface area contributed by atoms with E-state index in [9.17, 15) is 4.39 Å². The largest absolute Gasteiger partial charge is 0.236 e. The summed E-state index contributed by atoms with van der Waals surface area (Å²) < 4.78 is 13.0.